The molecule has 0 aliphatic heterocycles. The summed E-state index contributed by atoms with van der Waals surface area (Å²) in [6.07, 6.45) is 3.52. The number of nitrogens with two attached hydrogens (primary N) is 1. The predicted octanol–water partition coefficient (Wildman–Crippen LogP) is 10.4. The summed E-state index contributed by atoms with van der Waals surface area (Å²) in [5, 5.41) is 0. The van der Waals surface area contributed by atoms with Crippen molar-refractivity contribution < 1.29 is 0 Å². The first kappa shape index (κ1) is 37.3. The zero-order valence-electron chi connectivity index (χ0n) is 32.4. The van der Waals surface area contributed by atoms with Gasteiger partial charge >= 0.3 is 0 Å². The number of aliphatic imine (C=N–C) groups is 2. The molecule has 4 aromatic heterocycles. The van der Waals surface area contributed by atoms with Gasteiger partial charge in [0.15, 0.2) is 23.3 Å². The van der Waals surface area contributed by atoms with Crippen LogP contribution in [-0.2, 0) is 6.54 Å². The molecule has 9 rings (SSSR count). The van der Waals surface area contributed by atoms with Crippen LogP contribution < -0.4 is 5.73 Å². The highest BCUT2D eigenvalue weighted by Crippen LogP contribution is 2.32. The number of hydrogen-bond acceptors (Lipinski definition) is 7. The summed E-state index contributed by atoms with van der Waals surface area (Å²) in [5.74, 6) is 2.58. The van der Waals surface area contributed by atoms with Gasteiger partial charge in [0.25, 0.3) is 0 Å². The first-order chi connectivity index (χ1) is 29.6. The Labute approximate surface area is 347 Å². The van der Waals surface area contributed by atoms with Gasteiger partial charge in [-0.15, -0.1) is 0 Å². The van der Waals surface area contributed by atoms with Crippen molar-refractivity contribution in [1.82, 2.24) is 29.9 Å². The molecule has 9 heteroatoms. The van der Waals surface area contributed by atoms with Crippen LogP contribution in [0.25, 0.3) is 68.1 Å². The predicted molar refractivity (Wildman–Crippen MR) is 240 cm³/mol. The summed E-state index contributed by atoms with van der Waals surface area (Å²) < 4.78 is 0. The van der Waals surface area contributed by atoms with Crippen LogP contribution in [0.5, 0.6) is 0 Å². The van der Waals surface area contributed by atoms with E-state index >= 15 is 0 Å². The largest absolute Gasteiger partial charge is 0.383 e. The molecule has 0 radical (unpaired) electrons. The van der Waals surface area contributed by atoms with Gasteiger partial charge in [-0.1, -0.05) is 152 Å². The lowest BCUT2D eigenvalue weighted by Crippen LogP contribution is -2.17. The second-order valence-corrected chi connectivity index (χ2v) is 13.8. The van der Waals surface area contributed by atoms with Gasteiger partial charge in [-0.05, 0) is 53.1 Å². The van der Waals surface area contributed by atoms with Crippen LogP contribution in [-0.4, -0.2) is 41.6 Å². The summed E-state index contributed by atoms with van der Waals surface area (Å²) >= 11 is 0. The minimum Gasteiger partial charge on any atom is -0.383 e. The average Bonchev–Trinajstić information content (AvgIpc) is 3.34. The molecule has 0 atom stereocenters. The fraction of sp³-hybridized carbons (Fsp3) is 0.0196. The summed E-state index contributed by atoms with van der Waals surface area (Å²) in [5.41, 5.74) is 16.4. The van der Waals surface area contributed by atoms with Crippen molar-refractivity contribution in [2.24, 2.45) is 15.7 Å². The molecule has 9 nitrogen and oxygen atoms in total. The topological polar surface area (TPSA) is 128 Å². The van der Waals surface area contributed by atoms with Gasteiger partial charge in [0.1, 0.15) is 5.84 Å². The van der Waals surface area contributed by atoms with E-state index in [0.29, 0.717) is 58.3 Å². The Morgan fingerprint density at radius 2 is 0.967 bits per heavy atom. The van der Waals surface area contributed by atoms with Gasteiger partial charge in [0.05, 0.1) is 29.3 Å². The zero-order valence-corrected chi connectivity index (χ0v) is 32.4. The Balaban J connectivity index is 1.14. The van der Waals surface area contributed by atoms with E-state index in [1.54, 1.807) is 12.4 Å². The lowest BCUT2D eigenvalue weighted by Gasteiger charge is -2.13. The highest BCUT2D eigenvalue weighted by atomic mass is 15.0. The Bertz CT molecular complexity index is 2860. The molecule has 0 fully saturated rings. The third-order valence-corrected chi connectivity index (χ3v) is 9.77. The second kappa shape index (κ2) is 17.5. The molecule has 286 valence electrons. The number of nitrogens with zero attached hydrogens (tertiary/aromatic N) is 8. The quantitative estimate of drug-likeness (QED) is 0.108. The zero-order chi connectivity index (χ0) is 40.5. The van der Waals surface area contributed by atoms with Crippen molar-refractivity contribution in [3.8, 4) is 68.1 Å². The van der Waals surface area contributed by atoms with Gasteiger partial charge in [-0.2, -0.15) is 0 Å². The molecule has 2 N–H and O–H groups in total. The molecule has 5 aromatic carbocycles. The Morgan fingerprint density at radius 1 is 0.433 bits per heavy atom. The lowest BCUT2D eigenvalue weighted by molar-refractivity contribution is 1.06. The Hall–Kier alpha value is -8.30. The van der Waals surface area contributed by atoms with Crippen LogP contribution in [0.4, 0.5) is 0 Å². The number of amidine groups is 2. The van der Waals surface area contributed by atoms with Crippen LogP contribution >= 0.6 is 0 Å². The highest BCUT2D eigenvalue weighted by molar-refractivity contribution is 6.13. The molecule has 0 spiro atoms. The van der Waals surface area contributed by atoms with E-state index in [1.807, 2.05) is 176 Å². The molecule has 4 heterocycles. The molecular weight excluding hydrogens is 739 g/mol. The van der Waals surface area contributed by atoms with Crippen molar-refractivity contribution in [3.63, 3.8) is 0 Å². The second-order valence-electron chi connectivity index (χ2n) is 13.8. The fourth-order valence-electron chi connectivity index (χ4n) is 6.72. The van der Waals surface area contributed by atoms with Crippen molar-refractivity contribution in [2.75, 3.05) is 0 Å². The van der Waals surface area contributed by atoms with Crippen LogP contribution in [0.3, 0.4) is 0 Å². The maximum atomic E-state index is 6.63. The molecule has 60 heavy (non-hydrogen) atoms. The molecule has 9 aromatic rings. The number of rotatable bonds is 10. The molecule has 0 bridgehead atoms. The van der Waals surface area contributed by atoms with Gasteiger partial charge in [0, 0.05) is 40.2 Å². The van der Waals surface area contributed by atoms with Gasteiger partial charge in [-0.25, -0.2) is 24.9 Å². The van der Waals surface area contributed by atoms with Crippen molar-refractivity contribution in [3.05, 3.63) is 217 Å². The van der Waals surface area contributed by atoms with Crippen molar-refractivity contribution in [1.29, 1.82) is 0 Å². The summed E-state index contributed by atoms with van der Waals surface area (Å²) in [6, 6.07) is 61.6. The van der Waals surface area contributed by atoms with Crippen LogP contribution in [0.2, 0.25) is 0 Å². The number of pyridine rings is 3. The third-order valence-electron chi connectivity index (χ3n) is 9.77. The number of benzene rings is 5. The maximum Gasteiger partial charge on any atom is 0.164 e. The summed E-state index contributed by atoms with van der Waals surface area (Å²) in [4.78, 5) is 39.4. The molecular formula is C51H37N9. The Kier molecular flexibility index (Phi) is 10.8. The fourth-order valence-corrected chi connectivity index (χ4v) is 6.72. The van der Waals surface area contributed by atoms with Crippen LogP contribution in [0, 0.1) is 0 Å². The van der Waals surface area contributed by atoms with E-state index in [1.165, 1.54) is 0 Å². The maximum absolute atomic E-state index is 6.63. The molecule has 0 aliphatic rings. The smallest absolute Gasteiger partial charge is 0.164 e. The van der Waals surface area contributed by atoms with E-state index in [-0.39, 0.29) is 0 Å². The van der Waals surface area contributed by atoms with E-state index in [0.717, 1.165) is 44.6 Å². The third kappa shape index (κ3) is 8.51. The highest BCUT2D eigenvalue weighted by Gasteiger charge is 2.18. The lowest BCUT2D eigenvalue weighted by atomic mass is 10.00. The molecule has 0 saturated carbocycles. The monoisotopic (exact) mass is 775 g/mol. The van der Waals surface area contributed by atoms with E-state index in [9.17, 15) is 0 Å². The van der Waals surface area contributed by atoms with E-state index in [4.69, 9.17) is 40.6 Å². The standard InChI is InChI=1S/C51H37N9/c52-47(37-18-7-2-8-19-37)57-51(55-34-35-16-5-1-6-17-35)42-24-15-31-54-46(42)45-33-41(32-44(56-45)43-25-13-14-30-53-43)36-26-28-40(29-27-36)50-59-48(38-20-9-3-10-21-38)58-49(60-50)39-22-11-4-12-23-39/h1-33H,34H2,(H2,52,55,57). The van der Waals surface area contributed by atoms with Crippen LogP contribution in [0.1, 0.15) is 16.7 Å². The number of aromatic nitrogens is 6. The Morgan fingerprint density at radius 3 is 1.58 bits per heavy atom. The van der Waals surface area contributed by atoms with Gasteiger partial charge < -0.3 is 5.73 Å². The van der Waals surface area contributed by atoms with Gasteiger partial charge in [0.2, 0.25) is 0 Å². The first-order valence-electron chi connectivity index (χ1n) is 19.5. The van der Waals surface area contributed by atoms with E-state index < -0.39 is 0 Å². The molecule has 0 saturated heterocycles. The minimum absolute atomic E-state index is 0.346. The molecule has 0 unspecified atom stereocenters. The van der Waals surface area contributed by atoms with Crippen molar-refractivity contribution in [2.45, 2.75) is 6.54 Å². The van der Waals surface area contributed by atoms with Crippen molar-refractivity contribution >= 4 is 11.7 Å². The molecule has 0 aliphatic carbocycles. The number of hydrogen-bond donors (Lipinski definition) is 1. The normalized spacial score (nSPS) is 11.7. The average molecular weight is 776 g/mol. The van der Waals surface area contributed by atoms with Crippen LogP contribution in [0.15, 0.2) is 210 Å². The van der Waals surface area contributed by atoms with E-state index in [2.05, 4.69) is 17.1 Å². The first-order valence-corrected chi connectivity index (χ1v) is 19.5. The summed E-state index contributed by atoms with van der Waals surface area (Å²) in [6.45, 7) is 0.399. The van der Waals surface area contributed by atoms with Gasteiger partial charge in [-0.3, -0.25) is 15.0 Å². The summed E-state index contributed by atoms with van der Waals surface area (Å²) in [7, 11) is 0. The minimum atomic E-state index is 0.346. The molecule has 0 amide bonds. The SMILES string of the molecule is NC(=NC(=NCc1ccccc1)c1cccnc1-c1cc(-c2ccc(-c3nc(-c4ccccc4)nc(-c4ccccc4)n3)cc2)cc(-c2ccccn2)n1)c1ccccc1.